The Morgan fingerprint density at radius 3 is 2.32 bits per heavy atom. The molecule has 0 radical (unpaired) electrons. The second-order valence-electron chi connectivity index (χ2n) is 4.90. The van der Waals surface area contributed by atoms with E-state index >= 15 is 0 Å². The molecule has 3 aromatic rings. The summed E-state index contributed by atoms with van der Waals surface area (Å²) in [4.78, 5) is 6.09. The smallest absolute Gasteiger partial charge is 0.0908 e. The molecule has 4 rings (SSSR count). The van der Waals surface area contributed by atoms with Gasteiger partial charge in [-0.25, -0.2) is 4.98 Å². The van der Waals surface area contributed by atoms with E-state index in [1.807, 2.05) is 0 Å². The van der Waals surface area contributed by atoms with Crippen molar-refractivity contribution in [1.29, 1.82) is 0 Å². The van der Waals surface area contributed by atoms with Gasteiger partial charge in [0.05, 0.1) is 15.6 Å². The lowest BCUT2D eigenvalue weighted by atomic mass is 10.00. The first-order valence-electron chi connectivity index (χ1n) is 6.47. The topological polar surface area (TPSA) is 12.9 Å². The van der Waals surface area contributed by atoms with Crippen LogP contribution in [0.2, 0.25) is 0 Å². The molecule has 0 saturated carbocycles. The Hall–Kier alpha value is -1.93. The first kappa shape index (κ1) is 10.9. The number of aromatic nitrogens is 1. The van der Waals surface area contributed by atoms with Crippen LogP contribution in [0.4, 0.5) is 0 Å². The maximum atomic E-state index is 4.77. The molecule has 1 nitrogen and oxygen atoms in total. The third-order valence-electron chi connectivity index (χ3n) is 3.65. The van der Waals surface area contributed by atoms with Gasteiger partial charge < -0.3 is 0 Å². The van der Waals surface area contributed by atoms with Crippen molar-refractivity contribution in [2.24, 2.45) is 0 Å². The average molecular weight is 263 g/mol. The highest BCUT2D eigenvalue weighted by atomic mass is 32.1. The van der Waals surface area contributed by atoms with Crippen LogP contribution in [0.5, 0.6) is 0 Å². The summed E-state index contributed by atoms with van der Waals surface area (Å²) in [5.74, 6) is 0. The predicted octanol–water partition coefficient (Wildman–Crippen LogP) is 4.69. The second kappa shape index (κ2) is 4.04. The van der Waals surface area contributed by atoms with Crippen molar-refractivity contribution in [3.63, 3.8) is 0 Å². The number of hydrogen-bond donors (Lipinski definition) is 0. The van der Waals surface area contributed by atoms with Gasteiger partial charge in [0.25, 0.3) is 0 Å². The Bertz CT molecular complexity index is 707. The Morgan fingerprint density at radius 2 is 1.53 bits per heavy atom. The summed E-state index contributed by atoms with van der Waals surface area (Å²) in [6.45, 7) is 2.09. The summed E-state index contributed by atoms with van der Waals surface area (Å²) in [5, 5.41) is 1.14. The molecule has 92 valence electrons. The van der Waals surface area contributed by atoms with Crippen LogP contribution in [-0.4, -0.2) is 4.98 Å². The van der Waals surface area contributed by atoms with Crippen molar-refractivity contribution < 1.29 is 0 Å². The molecule has 0 spiro atoms. The van der Waals surface area contributed by atoms with E-state index in [-0.39, 0.29) is 0 Å². The number of hydrogen-bond acceptors (Lipinski definition) is 2. The van der Waals surface area contributed by atoms with Crippen LogP contribution < -0.4 is 0 Å². The lowest BCUT2D eigenvalue weighted by Crippen LogP contribution is -1.90. The highest BCUT2D eigenvalue weighted by Crippen LogP contribution is 2.43. The van der Waals surface area contributed by atoms with E-state index in [1.165, 1.54) is 27.1 Å². The van der Waals surface area contributed by atoms with E-state index in [9.17, 15) is 0 Å². The van der Waals surface area contributed by atoms with Gasteiger partial charge in [-0.1, -0.05) is 48.5 Å². The van der Waals surface area contributed by atoms with Gasteiger partial charge in [0, 0.05) is 5.56 Å². The summed E-state index contributed by atoms with van der Waals surface area (Å²) < 4.78 is 0. The minimum atomic E-state index is 0.995. The van der Waals surface area contributed by atoms with Crippen molar-refractivity contribution in [2.75, 3.05) is 0 Å². The zero-order valence-electron chi connectivity index (χ0n) is 10.7. The van der Waals surface area contributed by atoms with Crippen LogP contribution in [0.1, 0.15) is 16.1 Å². The van der Waals surface area contributed by atoms with Gasteiger partial charge in [-0.2, -0.15) is 0 Å². The lowest BCUT2D eigenvalue weighted by Gasteiger charge is -2.05. The first-order chi connectivity index (χ1) is 9.33. The molecule has 0 N–H and O–H groups in total. The number of benzene rings is 2. The zero-order chi connectivity index (χ0) is 12.8. The number of nitrogens with zero attached hydrogens (tertiary/aromatic N) is 1. The second-order valence-corrected chi connectivity index (χ2v) is 6.10. The molecule has 2 aromatic carbocycles. The van der Waals surface area contributed by atoms with Gasteiger partial charge in [-0.15, -0.1) is 11.3 Å². The highest BCUT2D eigenvalue weighted by molar-refractivity contribution is 7.15. The van der Waals surface area contributed by atoms with Crippen LogP contribution >= 0.6 is 11.3 Å². The van der Waals surface area contributed by atoms with Gasteiger partial charge in [0.15, 0.2) is 0 Å². The average Bonchev–Trinajstić information content (AvgIpc) is 2.76. The van der Waals surface area contributed by atoms with Gasteiger partial charge in [-0.3, -0.25) is 0 Å². The molecule has 1 aliphatic rings. The molecule has 0 atom stereocenters. The molecule has 1 aliphatic carbocycles. The molecule has 0 amide bonds. The van der Waals surface area contributed by atoms with Crippen LogP contribution in [0, 0.1) is 6.92 Å². The SMILES string of the molecule is Cc1nc2c(s1)-c1ccccc1Cc1ccccc1-2. The van der Waals surface area contributed by atoms with Crippen molar-refractivity contribution in [3.8, 4) is 21.7 Å². The maximum absolute atomic E-state index is 4.77. The van der Waals surface area contributed by atoms with Gasteiger partial charge in [-0.05, 0) is 30.0 Å². The largest absolute Gasteiger partial charge is 0.241 e. The van der Waals surface area contributed by atoms with E-state index in [1.54, 1.807) is 11.3 Å². The quantitative estimate of drug-likeness (QED) is 0.448. The van der Waals surface area contributed by atoms with E-state index in [0.717, 1.165) is 17.1 Å². The van der Waals surface area contributed by atoms with Crippen molar-refractivity contribution in [2.45, 2.75) is 13.3 Å². The minimum Gasteiger partial charge on any atom is -0.241 e. The Balaban J connectivity index is 2.12. The molecule has 1 heterocycles. The standard InChI is InChI=1S/C17H13NS/c1-11-18-16-14-8-4-2-6-12(14)10-13-7-3-5-9-15(13)17(16)19-11/h2-9H,10H2,1H3. The summed E-state index contributed by atoms with van der Waals surface area (Å²) in [6.07, 6.45) is 0.995. The predicted molar refractivity (Wildman–Crippen MR) is 80.5 cm³/mol. The van der Waals surface area contributed by atoms with Crippen molar-refractivity contribution in [3.05, 3.63) is 64.7 Å². The van der Waals surface area contributed by atoms with E-state index < -0.39 is 0 Å². The van der Waals surface area contributed by atoms with E-state index in [0.29, 0.717) is 0 Å². The van der Waals surface area contributed by atoms with Crippen LogP contribution in [0.3, 0.4) is 0 Å². The van der Waals surface area contributed by atoms with Gasteiger partial charge in [0.2, 0.25) is 0 Å². The fourth-order valence-corrected chi connectivity index (χ4v) is 3.79. The van der Waals surface area contributed by atoms with Gasteiger partial charge >= 0.3 is 0 Å². The Labute approximate surface area is 116 Å². The summed E-state index contributed by atoms with van der Waals surface area (Å²) in [5.41, 5.74) is 6.57. The van der Waals surface area contributed by atoms with Crippen LogP contribution in [0.15, 0.2) is 48.5 Å². The van der Waals surface area contributed by atoms with E-state index in [2.05, 4.69) is 55.5 Å². The number of aryl methyl sites for hydroxylation is 1. The van der Waals surface area contributed by atoms with Gasteiger partial charge in [0.1, 0.15) is 0 Å². The molecule has 0 saturated heterocycles. The lowest BCUT2D eigenvalue weighted by molar-refractivity contribution is 1.20. The molecule has 2 heteroatoms. The molecule has 1 aromatic heterocycles. The summed E-state index contributed by atoms with van der Waals surface area (Å²) in [6, 6.07) is 17.3. The molecular formula is C17H13NS. The summed E-state index contributed by atoms with van der Waals surface area (Å²) >= 11 is 1.80. The molecule has 0 unspecified atom stereocenters. The third-order valence-corrected chi connectivity index (χ3v) is 4.65. The molecular weight excluding hydrogens is 250 g/mol. The number of rotatable bonds is 0. The van der Waals surface area contributed by atoms with E-state index in [4.69, 9.17) is 4.98 Å². The monoisotopic (exact) mass is 263 g/mol. The fraction of sp³-hybridized carbons (Fsp3) is 0.118. The Kier molecular flexibility index (Phi) is 2.32. The fourth-order valence-electron chi connectivity index (χ4n) is 2.80. The zero-order valence-corrected chi connectivity index (χ0v) is 11.5. The molecule has 19 heavy (non-hydrogen) atoms. The molecule has 0 aliphatic heterocycles. The normalized spacial score (nSPS) is 12.3. The first-order valence-corrected chi connectivity index (χ1v) is 7.28. The number of fused-ring (bicyclic) bond motifs is 5. The van der Waals surface area contributed by atoms with Crippen LogP contribution in [-0.2, 0) is 6.42 Å². The summed E-state index contributed by atoms with van der Waals surface area (Å²) in [7, 11) is 0. The highest BCUT2D eigenvalue weighted by Gasteiger charge is 2.21. The molecule has 0 bridgehead atoms. The Morgan fingerprint density at radius 1 is 0.895 bits per heavy atom. The number of thiazole rings is 1. The van der Waals surface area contributed by atoms with Crippen molar-refractivity contribution in [1.82, 2.24) is 4.98 Å². The molecule has 0 fully saturated rings. The maximum Gasteiger partial charge on any atom is 0.0908 e. The minimum absolute atomic E-state index is 0.995. The van der Waals surface area contributed by atoms with Crippen molar-refractivity contribution >= 4 is 11.3 Å². The van der Waals surface area contributed by atoms with Crippen LogP contribution in [0.25, 0.3) is 21.7 Å². The third kappa shape index (κ3) is 1.64.